The molecule has 1 aliphatic carbocycles. The lowest BCUT2D eigenvalue weighted by atomic mass is 9.82. The summed E-state index contributed by atoms with van der Waals surface area (Å²) in [4.78, 5) is 9.48. The van der Waals surface area contributed by atoms with Gasteiger partial charge in [0.05, 0.1) is 6.61 Å². The van der Waals surface area contributed by atoms with Gasteiger partial charge in [0.25, 0.3) is 0 Å². The first-order valence-corrected chi connectivity index (χ1v) is 14.3. The molecule has 3 heteroatoms. The van der Waals surface area contributed by atoms with Gasteiger partial charge < -0.3 is 4.74 Å². The number of aromatic nitrogens is 2. The van der Waals surface area contributed by atoms with Crippen molar-refractivity contribution in [2.45, 2.75) is 122 Å². The van der Waals surface area contributed by atoms with Gasteiger partial charge in [-0.15, -0.1) is 0 Å². The van der Waals surface area contributed by atoms with E-state index in [4.69, 9.17) is 14.7 Å². The first-order valence-electron chi connectivity index (χ1n) is 14.3. The summed E-state index contributed by atoms with van der Waals surface area (Å²) in [6.07, 6.45) is 24.5. The van der Waals surface area contributed by atoms with Crippen molar-refractivity contribution in [3.8, 4) is 5.75 Å². The molecule has 0 radical (unpaired) electrons. The first-order chi connectivity index (χ1) is 16.8. The first kappa shape index (κ1) is 26.7. The van der Waals surface area contributed by atoms with Gasteiger partial charge in [0.15, 0.2) is 0 Å². The van der Waals surface area contributed by atoms with Crippen LogP contribution in [0.15, 0.2) is 36.7 Å². The van der Waals surface area contributed by atoms with Crippen LogP contribution in [0.2, 0.25) is 0 Å². The quantitative estimate of drug-likeness (QED) is 0.233. The average molecular weight is 465 g/mol. The molecule has 0 spiro atoms. The zero-order valence-electron chi connectivity index (χ0n) is 21.9. The Morgan fingerprint density at radius 1 is 0.676 bits per heavy atom. The van der Waals surface area contributed by atoms with Gasteiger partial charge in [-0.1, -0.05) is 77.3 Å². The van der Waals surface area contributed by atoms with Crippen molar-refractivity contribution < 1.29 is 4.74 Å². The van der Waals surface area contributed by atoms with Crippen LogP contribution in [0.3, 0.4) is 0 Å². The van der Waals surface area contributed by atoms with Gasteiger partial charge in [0.1, 0.15) is 11.6 Å². The third-order valence-corrected chi connectivity index (χ3v) is 7.48. The Bertz CT molecular complexity index is 763. The predicted octanol–water partition coefficient (Wildman–Crippen LogP) is 8.86. The standard InChI is InChI=1S/C31H48N2O/c1-3-5-7-9-11-13-26-17-21-30(22-18-26)34-25-27-15-19-29(20-16-27)31-32-23-28(24-33-31)14-12-10-8-6-4-2/h17-18,21-24,27,29H,3-16,19-20,25H2,1-2H3. The lowest BCUT2D eigenvalue weighted by molar-refractivity contribution is 0.198. The highest BCUT2D eigenvalue weighted by Crippen LogP contribution is 2.34. The van der Waals surface area contributed by atoms with Gasteiger partial charge >= 0.3 is 0 Å². The monoisotopic (exact) mass is 464 g/mol. The van der Waals surface area contributed by atoms with E-state index in [1.165, 1.54) is 107 Å². The van der Waals surface area contributed by atoms with Crippen molar-refractivity contribution in [1.82, 2.24) is 9.97 Å². The molecule has 3 nitrogen and oxygen atoms in total. The normalized spacial score (nSPS) is 18.2. The van der Waals surface area contributed by atoms with Crippen LogP contribution >= 0.6 is 0 Å². The number of benzene rings is 1. The molecule has 0 aliphatic heterocycles. The zero-order chi connectivity index (χ0) is 23.8. The molecule has 0 saturated heterocycles. The molecule has 2 aromatic rings. The Labute approximate surface area is 209 Å². The Hall–Kier alpha value is -1.90. The van der Waals surface area contributed by atoms with E-state index in [1.807, 2.05) is 0 Å². The second kappa shape index (κ2) is 15.9. The van der Waals surface area contributed by atoms with Gasteiger partial charge in [0.2, 0.25) is 0 Å². The van der Waals surface area contributed by atoms with Crippen LogP contribution in [0.25, 0.3) is 0 Å². The summed E-state index contributed by atoms with van der Waals surface area (Å²) < 4.78 is 6.15. The molecule has 188 valence electrons. The molecular formula is C31H48N2O. The van der Waals surface area contributed by atoms with Crippen molar-refractivity contribution in [2.75, 3.05) is 6.61 Å². The third-order valence-electron chi connectivity index (χ3n) is 7.48. The molecule has 1 fully saturated rings. The summed E-state index contributed by atoms with van der Waals surface area (Å²) in [5.41, 5.74) is 2.73. The number of hydrogen-bond donors (Lipinski definition) is 0. The van der Waals surface area contributed by atoms with Gasteiger partial charge in [-0.2, -0.15) is 0 Å². The third kappa shape index (κ3) is 9.76. The minimum absolute atomic E-state index is 0.520. The molecule has 0 N–H and O–H groups in total. The fourth-order valence-corrected chi connectivity index (χ4v) is 5.12. The lowest BCUT2D eigenvalue weighted by Crippen LogP contribution is -2.20. The Morgan fingerprint density at radius 2 is 1.24 bits per heavy atom. The summed E-state index contributed by atoms with van der Waals surface area (Å²) >= 11 is 0. The number of hydrogen-bond acceptors (Lipinski definition) is 3. The van der Waals surface area contributed by atoms with E-state index in [-0.39, 0.29) is 0 Å². The molecule has 1 heterocycles. The highest BCUT2D eigenvalue weighted by Gasteiger charge is 2.24. The van der Waals surface area contributed by atoms with Crippen LogP contribution in [0.1, 0.15) is 127 Å². The molecule has 3 rings (SSSR count). The van der Waals surface area contributed by atoms with Crippen molar-refractivity contribution in [3.05, 3.63) is 53.6 Å². The minimum Gasteiger partial charge on any atom is -0.493 e. The van der Waals surface area contributed by atoms with Crippen molar-refractivity contribution in [3.63, 3.8) is 0 Å². The number of ether oxygens (including phenoxy) is 1. The van der Waals surface area contributed by atoms with E-state index in [9.17, 15) is 0 Å². The van der Waals surface area contributed by atoms with E-state index in [0.29, 0.717) is 11.8 Å². The highest BCUT2D eigenvalue weighted by atomic mass is 16.5. The largest absolute Gasteiger partial charge is 0.493 e. The number of rotatable bonds is 16. The molecule has 0 unspecified atom stereocenters. The van der Waals surface area contributed by atoms with Crippen LogP contribution in [0.4, 0.5) is 0 Å². The van der Waals surface area contributed by atoms with E-state index in [1.54, 1.807) is 0 Å². The molecule has 1 aromatic heterocycles. The van der Waals surface area contributed by atoms with Crippen LogP contribution in [-0.2, 0) is 12.8 Å². The highest BCUT2D eigenvalue weighted by molar-refractivity contribution is 5.27. The summed E-state index contributed by atoms with van der Waals surface area (Å²) in [6.45, 7) is 5.37. The second-order valence-corrected chi connectivity index (χ2v) is 10.5. The smallest absolute Gasteiger partial charge is 0.131 e. The Morgan fingerprint density at radius 3 is 1.82 bits per heavy atom. The number of aryl methyl sites for hydroxylation is 2. The molecule has 1 saturated carbocycles. The van der Waals surface area contributed by atoms with Gasteiger partial charge in [-0.25, -0.2) is 9.97 Å². The van der Waals surface area contributed by atoms with Gasteiger partial charge in [0, 0.05) is 18.3 Å². The molecule has 1 aromatic carbocycles. The molecule has 34 heavy (non-hydrogen) atoms. The number of nitrogens with zero attached hydrogens (tertiary/aromatic N) is 2. The van der Waals surface area contributed by atoms with Gasteiger partial charge in [-0.05, 0) is 80.5 Å². The van der Waals surface area contributed by atoms with Crippen LogP contribution in [0, 0.1) is 5.92 Å². The summed E-state index contributed by atoms with van der Waals surface area (Å²) in [7, 11) is 0. The maximum Gasteiger partial charge on any atom is 0.131 e. The second-order valence-electron chi connectivity index (χ2n) is 10.5. The maximum atomic E-state index is 6.15. The minimum atomic E-state index is 0.520. The van der Waals surface area contributed by atoms with E-state index >= 15 is 0 Å². The lowest BCUT2D eigenvalue weighted by Gasteiger charge is -2.27. The average Bonchev–Trinajstić information content (AvgIpc) is 2.89. The molecule has 1 aliphatic rings. The topological polar surface area (TPSA) is 35.0 Å². The van der Waals surface area contributed by atoms with Crippen LogP contribution in [-0.4, -0.2) is 16.6 Å². The fourth-order valence-electron chi connectivity index (χ4n) is 5.12. The van der Waals surface area contributed by atoms with E-state index < -0.39 is 0 Å². The summed E-state index contributed by atoms with van der Waals surface area (Å²) in [5.74, 6) is 3.24. The predicted molar refractivity (Wildman–Crippen MR) is 144 cm³/mol. The van der Waals surface area contributed by atoms with E-state index in [0.717, 1.165) is 24.6 Å². The fraction of sp³-hybridized carbons (Fsp3) is 0.677. The van der Waals surface area contributed by atoms with Crippen LogP contribution in [0.5, 0.6) is 5.75 Å². The molecule has 0 bridgehead atoms. The molecule has 0 amide bonds. The summed E-state index contributed by atoms with van der Waals surface area (Å²) in [5, 5.41) is 0. The van der Waals surface area contributed by atoms with Crippen molar-refractivity contribution in [2.24, 2.45) is 5.92 Å². The Balaban J connectivity index is 1.31. The van der Waals surface area contributed by atoms with Crippen molar-refractivity contribution in [1.29, 1.82) is 0 Å². The number of unbranched alkanes of at least 4 members (excludes halogenated alkanes) is 8. The summed E-state index contributed by atoms with van der Waals surface area (Å²) in [6, 6.07) is 8.81. The van der Waals surface area contributed by atoms with Crippen LogP contribution < -0.4 is 4.74 Å². The van der Waals surface area contributed by atoms with E-state index in [2.05, 4.69) is 50.5 Å². The SMILES string of the molecule is CCCCCCCc1ccc(OCC2CCC(c3ncc(CCCCCCC)cn3)CC2)cc1. The molecular weight excluding hydrogens is 416 g/mol. The zero-order valence-corrected chi connectivity index (χ0v) is 21.9. The maximum absolute atomic E-state index is 6.15. The molecule has 0 atom stereocenters. The van der Waals surface area contributed by atoms with Gasteiger partial charge in [-0.3, -0.25) is 0 Å². The van der Waals surface area contributed by atoms with Crippen molar-refractivity contribution >= 4 is 0 Å². The Kier molecular flexibility index (Phi) is 12.5.